The Kier molecular flexibility index (Phi) is 3.72. The van der Waals surface area contributed by atoms with E-state index in [0.717, 1.165) is 5.56 Å². The van der Waals surface area contributed by atoms with Crippen LogP contribution in [0.3, 0.4) is 0 Å². The number of benzene rings is 1. The van der Waals surface area contributed by atoms with Gasteiger partial charge in [-0.1, -0.05) is 11.6 Å². The topological polar surface area (TPSA) is 29.5 Å². The molecule has 1 aromatic rings. The lowest BCUT2D eigenvalue weighted by Crippen LogP contribution is -2.01. The third kappa shape index (κ3) is 1.99. The largest absolute Gasteiger partial charge is 0.493 e. The van der Waals surface area contributed by atoms with Gasteiger partial charge in [-0.3, -0.25) is 0 Å². The minimum absolute atomic E-state index is 0.0585. The Balaban J connectivity index is 3.32. The summed E-state index contributed by atoms with van der Waals surface area (Å²) in [6, 6.07) is 1.22. The number of rotatable bonds is 3. The van der Waals surface area contributed by atoms with Crippen LogP contribution >= 0.6 is 11.6 Å². The Bertz CT molecular complexity index is 339. The van der Waals surface area contributed by atoms with E-state index in [-0.39, 0.29) is 12.4 Å². The van der Waals surface area contributed by atoms with Gasteiger partial charge in [-0.05, 0) is 25.0 Å². The molecule has 2 nitrogen and oxygen atoms in total. The van der Waals surface area contributed by atoms with Gasteiger partial charge in [0, 0.05) is 17.2 Å². The summed E-state index contributed by atoms with van der Waals surface area (Å²) in [6.45, 7) is 1.71. The van der Waals surface area contributed by atoms with Crippen molar-refractivity contribution in [3.63, 3.8) is 0 Å². The lowest BCUT2D eigenvalue weighted by Gasteiger charge is -2.12. The molecular formula is C10H12ClFO2. The van der Waals surface area contributed by atoms with Gasteiger partial charge < -0.3 is 9.84 Å². The zero-order valence-corrected chi connectivity index (χ0v) is 8.86. The number of hydrogen-bond donors (Lipinski definition) is 1. The monoisotopic (exact) mass is 218 g/mol. The van der Waals surface area contributed by atoms with Gasteiger partial charge >= 0.3 is 0 Å². The van der Waals surface area contributed by atoms with Crippen LogP contribution in [0.15, 0.2) is 6.07 Å². The minimum Gasteiger partial charge on any atom is -0.493 e. The standard InChI is InChI=1S/C10H12ClFO2/c1-6-7(3-4-13)10(14-2)9(12)5-8(6)11/h5,13H,3-4H2,1-2H3. The van der Waals surface area contributed by atoms with E-state index in [9.17, 15) is 4.39 Å². The van der Waals surface area contributed by atoms with Crippen molar-refractivity contribution in [2.45, 2.75) is 13.3 Å². The van der Waals surface area contributed by atoms with E-state index in [1.54, 1.807) is 6.92 Å². The Morgan fingerprint density at radius 1 is 1.57 bits per heavy atom. The van der Waals surface area contributed by atoms with Crippen LogP contribution in [0.25, 0.3) is 0 Å². The van der Waals surface area contributed by atoms with Crippen molar-refractivity contribution in [2.24, 2.45) is 0 Å². The molecule has 14 heavy (non-hydrogen) atoms. The number of hydrogen-bond acceptors (Lipinski definition) is 2. The predicted octanol–water partition coefficient (Wildman–Crippen LogP) is 2.33. The molecule has 1 N–H and O–H groups in total. The van der Waals surface area contributed by atoms with Gasteiger partial charge in [-0.15, -0.1) is 0 Å². The molecule has 4 heteroatoms. The molecule has 0 fully saturated rings. The highest BCUT2D eigenvalue weighted by atomic mass is 35.5. The molecule has 0 spiro atoms. The zero-order valence-electron chi connectivity index (χ0n) is 8.10. The highest BCUT2D eigenvalue weighted by Gasteiger charge is 2.14. The summed E-state index contributed by atoms with van der Waals surface area (Å²) in [6.07, 6.45) is 0.340. The first-order valence-corrected chi connectivity index (χ1v) is 4.62. The van der Waals surface area contributed by atoms with Crippen molar-refractivity contribution >= 4 is 11.6 Å². The van der Waals surface area contributed by atoms with Crippen LogP contribution in [0.4, 0.5) is 4.39 Å². The molecule has 0 aliphatic carbocycles. The van der Waals surface area contributed by atoms with Crippen molar-refractivity contribution in [3.8, 4) is 5.75 Å². The molecule has 0 radical (unpaired) electrons. The minimum atomic E-state index is -0.494. The van der Waals surface area contributed by atoms with Crippen molar-refractivity contribution in [2.75, 3.05) is 13.7 Å². The molecule has 0 atom stereocenters. The van der Waals surface area contributed by atoms with Gasteiger partial charge in [-0.25, -0.2) is 4.39 Å². The Morgan fingerprint density at radius 3 is 2.71 bits per heavy atom. The second kappa shape index (κ2) is 4.62. The normalized spacial score (nSPS) is 10.4. The fourth-order valence-electron chi connectivity index (χ4n) is 1.38. The van der Waals surface area contributed by atoms with E-state index in [2.05, 4.69) is 0 Å². The molecule has 0 aromatic heterocycles. The number of methoxy groups -OCH3 is 1. The summed E-state index contributed by atoms with van der Waals surface area (Å²) in [5.74, 6) is -0.326. The molecule has 78 valence electrons. The van der Waals surface area contributed by atoms with Crippen LogP contribution in [0, 0.1) is 12.7 Å². The summed E-state index contributed by atoms with van der Waals surface area (Å²) in [5, 5.41) is 9.18. The van der Waals surface area contributed by atoms with E-state index in [0.29, 0.717) is 17.0 Å². The van der Waals surface area contributed by atoms with Crippen LogP contribution in [-0.4, -0.2) is 18.8 Å². The van der Waals surface area contributed by atoms with Crippen molar-refractivity contribution < 1.29 is 14.2 Å². The van der Waals surface area contributed by atoms with Gasteiger partial charge in [0.15, 0.2) is 11.6 Å². The van der Waals surface area contributed by atoms with Gasteiger partial charge in [0.05, 0.1) is 7.11 Å². The summed E-state index contributed by atoms with van der Waals surface area (Å²) >= 11 is 5.81. The van der Waals surface area contributed by atoms with E-state index in [1.165, 1.54) is 13.2 Å². The van der Waals surface area contributed by atoms with Crippen molar-refractivity contribution in [1.82, 2.24) is 0 Å². The highest BCUT2D eigenvalue weighted by molar-refractivity contribution is 6.31. The molecule has 0 unspecified atom stereocenters. The molecule has 0 aliphatic rings. The molecule has 0 saturated heterocycles. The van der Waals surface area contributed by atoms with Crippen molar-refractivity contribution in [1.29, 1.82) is 0 Å². The highest BCUT2D eigenvalue weighted by Crippen LogP contribution is 2.31. The SMILES string of the molecule is COc1c(F)cc(Cl)c(C)c1CCO. The second-order valence-electron chi connectivity index (χ2n) is 2.95. The maximum Gasteiger partial charge on any atom is 0.166 e. The quantitative estimate of drug-likeness (QED) is 0.844. The molecule has 1 aromatic carbocycles. The fraction of sp³-hybridized carbons (Fsp3) is 0.400. The summed E-state index contributed by atoms with van der Waals surface area (Å²) in [5.41, 5.74) is 1.37. The third-order valence-electron chi connectivity index (χ3n) is 2.12. The Morgan fingerprint density at radius 2 is 2.21 bits per heavy atom. The molecule has 0 amide bonds. The number of halogens is 2. The first-order valence-electron chi connectivity index (χ1n) is 4.24. The van der Waals surface area contributed by atoms with Crippen LogP contribution < -0.4 is 4.74 Å². The van der Waals surface area contributed by atoms with Gasteiger partial charge in [0.2, 0.25) is 0 Å². The van der Waals surface area contributed by atoms with Gasteiger partial charge in [0.25, 0.3) is 0 Å². The third-order valence-corrected chi connectivity index (χ3v) is 2.51. The van der Waals surface area contributed by atoms with E-state index in [4.69, 9.17) is 21.4 Å². The van der Waals surface area contributed by atoms with Crippen LogP contribution in [0.1, 0.15) is 11.1 Å². The Labute approximate surface area is 87.3 Å². The van der Waals surface area contributed by atoms with Crippen LogP contribution in [0.2, 0.25) is 5.02 Å². The molecule has 1 rings (SSSR count). The average molecular weight is 219 g/mol. The summed E-state index contributed by atoms with van der Waals surface area (Å²) < 4.78 is 18.2. The first-order chi connectivity index (χ1) is 6.61. The zero-order chi connectivity index (χ0) is 10.7. The lowest BCUT2D eigenvalue weighted by atomic mass is 10.0. The number of ether oxygens (including phenoxy) is 1. The number of aliphatic hydroxyl groups excluding tert-OH is 1. The maximum atomic E-state index is 13.3. The van der Waals surface area contributed by atoms with Gasteiger partial charge in [-0.2, -0.15) is 0 Å². The lowest BCUT2D eigenvalue weighted by molar-refractivity contribution is 0.295. The maximum absolute atomic E-state index is 13.3. The fourth-order valence-corrected chi connectivity index (χ4v) is 1.59. The van der Waals surface area contributed by atoms with Crippen molar-refractivity contribution in [3.05, 3.63) is 28.0 Å². The molecule has 0 saturated carbocycles. The molecule has 0 aliphatic heterocycles. The molecule has 0 bridgehead atoms. The van der Waals surface area contributed by atoms with Gasteiger partial charge in [0.1, 0.15) is 0 Å². The first kappa shape index (κ1) is 11.3. The number of aliphatic hydroxyl groups is 1. The summed E-state index contributed by atoms with van der Waals surface area (Å²) in [7, 11) is 1.40. The second-order valence-corrected chi connectivity index (χ2v) is 3.36. The predicted molar refractivity (Wildman–Crippen MR) is 53.5 cm³/mol. The van der Waals surface area contributed by atoms with Crippen LogP contribution in [-0.2, 0) is 6.42 Å². The summed E-state index contributed by atoms with van der Waals surface area (Å²) in [4.78, 5) is 0. The average Bonchev–Trinajstić information content (AvgIpc) is 2.14. The smallest absolute Gasteiger partial charge is 0.166 e. The Hall–Kier alpha value is -0.800. The van der Waals surface area contributed by atoms with E-state index in [1.807, 2.05) is 0 Å². The van der Waals surface area contributed by atoms with E-state index < -0.39 is 5.82 Å². The molecular weight excluding hydrogens is 207 g/mol. The van der Waals surface area contributed by atoms with E-state index >= 15 is 0 Å². The van der Waals surface area contributed by atoms with Crippen LogP contribution in [0.5, 0.6) is 5.75 Å². The molecule has 0 heterocycles.